The molecule has 1 N–H and O–H groups in total. The first-order valence-electron chi connectivity index (χ1n) is 9.90. The first kappa shape index (κ1) is 25.2. The van der Waals surface area contributed by atoms with Crippen molar-refractivity contribution >= 4 is 45.9 Å². The number of aliphatic carboxylic acids is 1. The Kier molecular flexibility index (Phi) is 8.85. The van der Waals surface area contributed by atoms with E-state index >= 15 is 0 Å². The Bertz CT molecular complexity index is 1110. The van der Waals surface area contributed by atoms with Gasteiger partial charge in [-0.25, -0.2) is 4.79 Å². The van der Waals surface area contributed by atoms with E-state index in [4.69, 9.17) is 9.84 Å². The Morgan fingerprint density at radius 2 is 1.67 bits per heavy atom. The van der Waals surface area contributed by atoms with Gasteiger partial charge in [-0.1, -0.05) is 60.7 Å². The van der Waals surface area contributed by atoms with Crippen molar-refractivity contribution in [3.8, 4) is 5.75 Å². The molecule has 172 valence electrons. The van der Waals surface area contributed by atoms with Crippen LogP contribution in [0.3, 0.4) is 0 Å². The molecule has 0 saturated carbocycles. The number of carbonyl (C=O) groups is 1. The van der Waals surface area contributed by atoms with Crippen molar-refractivity contribution in [1.82, 2.24) is 0 Å². The highest BCUT2D eigenvalue weighted by Gasteiger charge is 2.27. The van der Waals surface area contributed by atoms with Crippen LogP contribution in [0, 0.1) is 3.57 Å². The molecule has 8 heteroatoms. The monoisotopic (exact) mass is 584 g/mol. The average molecular weight is 584 g/mol. The van der Waals surface area contributed by atoms with Gasteiger partial charge in [-0.15, -0.1) is 11.8 Å². The lowest BCUT2D eigenvalue weighted by Crippen LogP contribution is -2.11. The van der Waals surface area contributed by atoms with Crippen molar-refractivity contribution in [3.63, 3.8) is 0 Å². The lowest BCUT2D eigenvalue weighted by atomic mass is 9.96. The Hall–Kier alpha value is -2.46. The van der Waals surface area contributed by atoms with Gasteiger partial charge in [0.15, 0.2) is 6.61 Å². The molecule has 3 aromatic rings. The second kappa shape index (κ2) is 11.6. The number of carboxylic acid groups (broad SMARTS) is 1. The zero-order valence-corrected chi connectivity index (χ0v) is 20.3. The molecule has 0 aliphatic heterocycles. The van der Waals surface area contributed by atoms with E-state index in [0.717, 1.165) is 25.2 Å². The molecule has 0 atom stereocenters. The van der Waals surface area contributed by atoms with Crippen LogP contribution in [0.25, 0.3) is 5.57 Å². The molecular weight excluding hydrogens is 564 g/mol. The van der Waals surface area contributed by atoms with Gasteiger partial charge in [0.1, 0.15) is 5.75 Å². The van der Waals surface area contributed by atoms with Crippen molar-refractivity contribution in [2.45, 2.75) is 17.5 Å². The third-order valence-electron chi connectivity index (χ3n) is 4.55. The minimum Gasteiger partial charge on any atom is -0.481 e. The molecule has 0 aliphatic rings. The molecule has 3 rings (SSSR count). The fourth-order valence-corrected chi connectivity index (χ4v) is 4.79. The summed E-state index contributed by atoms with van der Waals surface area (Å²) in [5.41, 5.74) is 3.00. The summed E-state index contributed by atoms with van der Waals surface area (Å²) in [6.45, 7) is -0.395. The molecule has 3 nitrogen and oxygen atoms in total. The molecule has 0 radical (unpaired) electrons. The summed E-state index contributed by atoms with van der Waals surface area (Å²) >= 11 is 3.70. The molecule has 0 aromatic heterocycles. The van der Waals surface area contributed by atoms with E-state index in [0.29, 0.717) is 11.5 Å². The van der Waals surface area contributed by atoms with Crippen LogP contribution in [-0.4, -0.2) is 29.6 Å². The number of benzene rings is 3. The topological polar surface area (TPSA) is 46.5 Å². The summed E-state index contributed by atoms with van der Waals surface area (Å²) in [5, 5.41) is 8.75. The van der Waals surface area contributed by atoms with Crippen LogP contribution in [0.5, 0.6) is 5.75 Å². The summed E-state index contributed by atoms with van der Waals surface area (Å²) < 4.78 is 44.1. The molecule has 3 aromatic carbocycles. The number of ether oxygens (including phenoxy) is 1. The van der Waals surface area contributed by atoms with Crippen molar-refractivity contribution < 1.29 is 27.8 Å². The average Bonchev–Trinajstić information content (AvgIpc) is 2.76. The molecule has 0 aliphatic carbocycles. The summed E-state index contributed by atoms with van der Waals surface area (Å²) in [6, 6.07) is 21.7. The predicted octanol–water partition coefficient (Wildman–Crippen LogP) is 7.08. The maximum absolute atomic E-state index is 12.7. The molecule has 0 bridgehead atoms. The van der Waals surface area contributed by atoms with E-state index in [9.17, 15) is 18.0 Å². The van der Waals surface area contributed by atoms with E-state index in [-0.39, 0.29) is 5.56 Å². The van der Waals surface area contributed by atoms with Gasteiger partial charge in [-0.2, -0.15) is 13.2 Å². The summed E-state index contributed by atoms with van der Waals surface area (Å²) in [5.74, 6) is 0.121. The van der Waals surface area contributed by atoms with Gasteiger partial charge in [0.05, 0.1) is 9.99 Å². The number of carboxylic acids is 1. The van der Waals surface area contributed by atoms with Gasteiger partial charge in [0.25, 0.3) is 0 Å². The Morgan fingerprint density at radius 1 is 1.00 bits per heavy atom. The minimum atomic E-state index is -4.23. The molecule has 0 heterocycles. The van der Waals surface area contributed by atoms with Gasteiger partial charge < -0.3 is 9.84 Å². The second-order valence-corrected chi connectivity index (χ2v) is 9.31. The van der Waals surface area contributed by atoms with Crippen molar-refractivity contribution in [2.24, 2.45) is 0 Å². The highest BCUT2D eigenvalue weighted by molar-refractivity contribution is 14.1. The molecule has 0 saturated heterocycles. The van der Waals surface area contributed by atoms with Crippen LogP contribution in [0.15, 0.2) is 83.8 Å². The number of thioether (sulfide) groups is 1. The summed E-state index contributed by atoms with van der Waals surface area (Å²) in [7, 11) is 0. The number of halogens is 4. The zero-order valence-electron chi connectivity index (χ0n) is 17.3. The van der Waals surface area contributed by atoms with E-state index < -0.39 is 25.2 Å². The Morgan fingerprint density at radius 3 is 2.27 bits per heavy atom. The molecule has 0 fully saturated rings. The van der Waals surface area contributed by atoms with Crippen LogP contribution in [-0.2, 0) is 11.2 Å². The normalized spacial score (nSPS) is 11.9. The third-order valence-corrected chi connectivity index (χ3v) is 6.31. The SMILES string of the molecule is O=C(O)COc1ccc(SCC=C(c2ccccc2)c2ccc(CC(F)(F)F)cc2)cc1I. The number of hydrogen-bond acceptors (Lipinski definition) is 3. The lowest BCUT2D eigenvalue weighted by molar-refractivity contribution is -0.139. The number of alkyl halides is 3. The maximum atomic E-state index is 12.7. The van der Waals surface area contributed by atoms with Crippen LogP contribution in [0.1, 0.15) is 16.7 Å². The third kappa shape index (κ3) is 8.12. The fourth-order valence-electron chi connectivity index (χ4n) is 3.10. The zero-order chi connectivity index (χ0) is 23.8. The quantitative estimate of drug-likeness (QED) is 0.216. The first-order valence-corrected chi connectivity index (χ1v) is 12.0. The smallest absolute Gasteiger partial charge is 0.393 e. The van der Waals surface area contributed by atoms with Crippen LogP contribution in [0.4, 0.5) is 13.2 Å². The highest BCUT2D eigenvalue weighted by atomic mass is 127. The Labute approximate surface area is 207 Å². The lowest BCUT2D eigenvalue weighted by Gasteiger charge is -2.11. The van der Waals surface area contributed by atoms with E-state index in [1.165, 1.54) is 12.1 Å². The molecule has 0 unspecified atom stereocenters. The summed E-state index contributed by atoms with van der Waals surface area (Å²) in [6.07, 6.45) is -3.12. The van der Waals surface area contributed by atoms with Crippen molar-refractivity contribution in [3.05, 3.63) is 99.1 Å². The largest absolute Gasteiger partial charge is 0.481 e. The van der Waals surface area contributed by atoms with Crippen molar-refractivity contribution in [2.75, 3.05) is 12.4 Å². The molecule has 0 amide bonds. The van der Waals surface area contributed by atoms with Gasteiger partial charge in [0, 0.05) is 10.6 Å². The first-order chi connectivity index (χ1) is 15.7. The second-order valence-electron chi connectivity index (χ2n) is 7.06. The molecule has 0 spiro atoms. The Balaban J connectivity index is 1.76. The van der Waals surface area contributed by atoms with E-state index in [2.05, 4.69) is 28.7 Å². The van der Waals surface area contributed by atoms with Crippen LogP contribution >= 0.6 is 34.4 Å². The van der Waals surface area contributed by atoms with Gasteiger partial charge in [-0.3, -0.25) is 0 Å². The highest BCUT2D eigenvalue weighted by Crippen LogP contribution is 2.30. The number of rotatable bonds is 9. The van der Waals surface area contributed by atoms with Crippen LogP contribution in [0.2, 0.25) is 0 Å². The van der Waals surface area contributed by atoms with E-state index in [1.807, 2.05) is 42.5 Å². The molecule has 33 heavy (non-hydrogen) atoms. The van der Waals surface area contributed by atoms with Crippen molar-refractivity contribution in [1.29, 1.82) is 0 Å². The maximum Gasteiger partial charge on any atom is 0.393 e. The van der Waals surface area contributed by atoms with Gasteiger partial charge >= 0.3 is 12.1 Å². The van der Waals surface area contributed by atoms with Gasteiger partial charge in [0.2, 0.25) is 0 Å². The summed E-state index contributed by atoms with van der Waals surface area (Å²) in [4.78, 5) is 11.7. The van der Waals surface area contributed by atoms with Crippen LogP contribution < -0.4 is 4.74 Å². The molecular formula is C25H20F3IO3S. The van der Waals surface area contributed by atoms with E-state index in [1.54, 1.807) is 30.0 Å². The minimum absolute atomic E-state index is 0.229. The van der Waals surface area contributed by atoms with Gasteiger partial charge in [-0.05, 0) is 63.1 Å². The fraction of sp³-hybridized carbons (Fsp3) is 0.160. The predicted molar refractivity (Wildman–Crippen MR) is 133 cm³/mol. The number of hydrogen-bond donors (Lipinski definition) is 1. The standard InChI is InChI=1S/C25H20F3IO3S/c26-25(27,28)15-17-6-8-19(9-7-17)21(18-4-2-1-3-5-18)12-13-33-20-10-11-23(22(29)14-20)32-16-24(30)31/h1-12,14H,13,15-16H2,(H,30,31).